The first-order valence-electron chi connectivity index (χ1n) is 8.85. The standard InChI is InChI=1S/C19H31N3O4/c1-13(2)15-9-7-8-10-16(15)25-14(3)22-17(23)20-11-12-21-18(24)26-19(4,5)6/h7-10,13-14H,11-12H2,1-6H3,(H,21,24)(H2,20,22,23). The zero-order valence-corrected chi connectivity index (χ0v) is 16.5. The van der Waals surface area contributed by atoms with E-state index in [0.717, 1.165) is 11.3 Å². The number of carbonyl (C=O) groups excluding carboxylic acids is 2. The molecule has 0 spiro atoms. The van der Waals surface area contributed by atoms with Gasteiger partial charge in [-0.15, -0.1) is 0 Å². The molecule has 1 aromatic rings. The molecule has 0 bridgehead atoms. The molecule has 1 aromatic carbocycles. The van der Waals surface area contributed by atoms with Crippen LogP contribution in [0, 0.1) is 0 Å². The lowest BCUT2D eigenvalue weighted by Crippen LogP contribution is -2.45. The third-order valence-corrected chi connectivity index (χ3v) is 3.26. The number of alkyl carbamates (subject to hydrolysis) is 1. The zero-order valence-electron chi connectivity index (χ0n) is 16.5. The number of hydrogen-bond acceptors (Lipinski definition) is 4. The third-order valence-electron chi connectivity index (χ3n) is 3.26. The van der Waals surface area contributed by atoms with E-state index in [0.29, 0.717) is 5.92 Å². The molecule has 0 saturated heterocycles. The average Bonchev–Trinajstić information content (AvgIpc) is 2.50. The van der Waals surface area contributed by atoms with Crippen molar-refractivity contribution < 1.29 is 19.1 Å². The Balaban J connectivity index is 2.32. The molecule has 1 rings (SSSR count). The number of hydrogen-bond donors (Lipinski definition) is 3. The Morgan fingerprint density at radius 2 is 1.65 bits per heavy atom. The van der Waals surface area contributed by atoms with E-state index in [1.807, 2.05) is 24.3 Å². The molecular weight excluding hydrogens is 334 g/mol. The molecule has 3 amide bonds. The van der Waals surface area contributed by atoms with Gasteiger partial charge in [0.1, 0.15) is 11.4 Å². The number of amides is 3. The van der Waals surface area contributed by atoms with Crippen LogP contribution in [0.25, 0.3) is 0 Å². The molecule has 146 valence electrons. The minimum absolute atomic E-state index is 0.272. The van der Waals surface area contributed by atoms with Crippen molar-refractivity contribution in [1.82, 2.24) is 16.0 Å². The minimum Gasteiger partial charge on any atom is -0.471 e. The molecule has 0 fully saturated rings. The van der Waals surface area contributed by atoms with Crippen molar-refractivity contribution in [3.8, 4) is 5.75 Å². The summed E-state index contributed by atoms with van der Waals surface area (Å²) in [5, 5.41) is 7.93. The van der Waals surface area contributed by atoms with Gasteiger partial charge < -0.3 is 25.4 Å². The van der Waals surface area contributed by atoms with E-state index in [1.54, 1.807) is 27.7 Å². The summed E-state index contributed by atoms with van der Waals surface area (Å²) in [5.41, 5.74) is 0.539. The van der Waals surface area contributed by atoms with Crippen molar-refractivity contribution in [1.29, 1.82) is 0 Å². The summed E-state index contributed by atoms with van der Waals surface area (Å²) < 4.78 is 10.9. The van der Waals surface area contributed by atoms with Gasteiger partial charge in [0.25, 0.3) is 0 Å². The second-order valence-corrected chi connectivity index (χ2v) is 7.28. The normalized spacial score (nSPS) is 12.3. The molecule has 0 aliphatic rings. The molecular formula is C19H31N3O4. The molecule has 0 heterocycles. The maximum Gasteiger partial charge on any atom is 0.407 e. The SMILES string of the molecule is CC(NC(=O)NCCNC(=O)OC(C)(C)C)Oc1ccccc1C(C)C. The summed E-state index contributed by atoms with van der Waals surface area (Å²) in [7, 11) is 0. The molecule has 0 saturated carbocycles. The first-order chi connectivity index (χ1) is 12.1. The fraction of sp³-hybridized carbons (Fsp3) is 0.579. The van der Waals surface area contributed by atoms with E-state index in [1.165, 1.54) is 0 Å². The van der Waals surface area contributed by atoms with E-state index < -0.39 is 17.9 Å². The summed E-state index contributed by atoms with van der Waals surface area (Å²) in [6.07, 6.45) is -1.00. The Hall–Kier alpha value is -2.44. The minimum atomic E-state index is -0.548. The van der Waals surface area contributed by atoms with E-state index in [-0.39, 0.29) is 19.1 Å². The lowest BCUT2D eigenvalue weighted by molar-refractivity contribution is 0.0528. The maximum absolute atomic E-state index is 11.9. The summed E-state index contributed by atoms with van der Waals surface area (Å²) >= 11 is 0. The summed E-state index contributed by atoms with van der Waals surface area (Å²) in [5.74, 6) is 1.08. The predicted molar refractivity (Wildman–Crippen MR) is 101 cm³/mol. The predicted octanol–water partition coefficient (Wildman–Crippen LogP) is 3.36. The van der Waals surface area contributed by atoms with Crippen LogP contribution in [0.5, 0.6) is 5.75 Å². The number of benzene rings is 1. The van der Waals surface area contributed by atoms with Crippen molar-refractivity contribution >= 4 is 12.1 Å². The van der Waals surface area contributed by atoms with Crippen LogP contribution in [0.3, 0.4) is 0 Å². The molecule has 0 aliphatic carbocycles. The maximum atomic E-state index is 11.9. The van der Waals surface area contributed by atoms with Crippen molar-refractivity contribution in [2.24, 2.45) is 0 Å². The molecule has 3 N–H and O–H groups in total. The van der Waals surface area contributed by atoms with E-state index in [9.17, 15) is 9.59 Å². The van der Waals surface area contributed by atoms with E-state index in [4.69, 9.17) is 9.47 Å². The third kappa shape index (κ3) is 8.60. The Bertz CT molecular complexity index is 597. The lowest BCUT2D eigenvalue weighted by atomic mass is 10.0. The van der Waals surface area contributed by atoms with Crippen LogP contribution in [-0.2, 0) is 4.74 Å². The van der Waals surface area contributed by atoms with Crippen LogP contribution in [0.2, 0.25) is 0 Å². The number of nitrogens with one attached hydrogen (secondary N) is 3. The van der Waals surface area contributed by atoms with Crippen LogP contribution in [0.15, 0.2) is 24.3 Å². The molecule has 0 radical (unpaired) electrons. The molecule has 7 nitrogen and oxygen atoms in total. The highest BCUT2D eigenvalue weighted by Crippen LogP contribution is 2.26. The van der Waals surface area contributed by atoms with Crippen molar-refractivity contribution in [3.05, 3.63) is 29.8 Å². The number of ether oxygens (including phenoxy) is 2. The van der Waals surface area contributed by atoms with Crippen LogP contribution in [0.4, 0.5) is 9.59 Å². The number of rotatable bonds is 7. The smallest absolute Gasteiger partial charge is 0.407 e. The lowest BCUT2D eigenvalue weighted by Gasteiger charge is -2.21. The van der Waals surface area contributed by atoms with Gasteiger partial charge in [-0.2, -0.15) is 0 Å². The van der Waals surface area contributed by atoms with Crippen molar-refractivity contribution in [3.63, 3.8) is 0 Å². The Morgan fingerprint density at radius 1 is 1.04 bits per heavy atom. The van der Waals surface area contributed by atoms with Gasteiger partial charge in [0, 0.05) is 13.1 Å². The van der Waals surface area contributed by atoms with Gasteiger partial charge in [0.2, 0.25) is 0 Å². The molecule has 26 heavy (non-hydrogen) atoms. The van der Waals surface area contributed by atoms with E-state index in [2.05, 4.69) is 29.8 Å². The Morgan fingerprint density at radius 3 is 2.27 bits per heavy atom. The van der Waals surface area contributed by atoms with Gasteiger partial charge in [-0.3, -0.25) is 0 Å². The van der Waals surface area contributed by atoms with Crippen molar-refractivity contribution in [2.45, 2.75) is 59.3 Å². The molecule has 1 atom stereocenters. The summed E-state index contributed by atoms with van der Waals surface area (Å²) in [6.45, 7) is 11.9. The molecule has 1 unspecified atom stereocenters. The van der Waals surface area contributed by atoms with E-state index >= 15 is 0 Å². The molecule has 0 aromatic heterocycles. The van der Waals surface area contributed by atoms with Crippen LogP contribution in [-0.4, -0.2) is 37.0 Å². The Kier molecular flexibility index (Phi) is 8.22. The van der Waals surface area contributed by atoms with Crippen LogP contribution in [0.1, 0.15) is 53.0 Å². The second kappa shape index (κ2) is 9.89. The highest BCUT2D eigenvalue weighted by Gasteiger charge is 2.16. The highest BCUT2D eigenvalue weighted by atomic mass is 16.6. The van der Waals surface area contributed by atoms with Gasteiger partial charge in [0.05, 0.1) is 0 Å². The van der Waals surface area contributed by atoms with Gasteiger partial charge >= 0.3 is 12.1 Å². The van der Waals surface area contributed by atoms with Gasteiger partial charge in [0.15, 0.2) is 6.23 Å². The second-order valence-electron chi connectivity index (χ2n) is 7.28. The first kappa shape index (κ1) is 21.6. The quantitative estimate of drug-likeness (QED) is 0.511. The number of para-hydroxylation sites is 1. The fourth-order valence-corrected chi connectivity index (χ4v) is 2.18. The summed E-state index contributed by atoms with van der Waals surface area (Å²) in [6, 6.07) is 7.39. The zero-order chi connectivity index (χ0) is 19.7. The average molecular weight is 365 g/mol. The van der Waals surface area contributed by atoms with Crippen LogP contribution >= 0.6 is 0 Å². The van der Waals surface area contributed by atoms with Gasteiger partial charge in [-0.25, -0.2) is 9.59 Å². The molecule has 7 heteroatoms. The van der Waals surface area contributed by atoms with Crippen molar-refractivity contribution in [2.75, 3.05) is 13.1 Å². The fourth-order valence-electron chi connectivity index (χ4n) is 2.18. The Labute approximate surface area is 155 Å². The monoisotopic (exact) mass is 365 g/mol. The number of urea groups is 1. The summed E-state index contributed by atoms with van der Waals surface area (Å²) in [4.78, 5) is 23.4. The first-order valence-corrected chi connectivity index (χ1v) is 8.85. The van der Waals surface area contributed by atoms with Gasteiger partial charge in [-0.05, 0) is 45.2 Å². The van der Waals surface area contributed by atoms with Gasteiger partial charge in [-0.1, -0.05) is 32.0 Å². The highest BCUT2D eigenvalue weighted by molar-refractivity contribution is 5.74. The topological polar surface area (TPSA) is 88.7 Å². The number of carbonyl (C=O) groups is 2. The molecule has 0 aliphatic heterocycles. The largest absolute Gasteiger partial charge is 0.471 e. The van der Waals surface area contributed by atoms with Crippen LogP contribution < -0.4 is 20.7 Å².